The summed E-state index contributed by atoms with van der Waals surface area (Å²) in [4.78, 5) is 0. The van der Waals surface area contributed by atoms with E-state index in [1.54, 1.807) is 11.3 Å². The molecule has 2 nitrogen and oxygen atoms in total. The summed E-state index contributed by atoms with van der Waals surface area (Å²) < 4.78 is 2.05. The summed E-state index contributed by atoms with van der Waals surface area (Å²) in [5, 5.41) is 9.70. The first kappa shape index (κ1) is 9.50. The average molecular weight is 267 g/mol. The molecule has 0 bridgehead atoms. The highest BCUT2D eigenvalue weighted by atomic mass is 79.9. The lowest BCUT2D eigenvalue weighted by Gasteiger charge is -1.96. The van der Waals surface area contributed by atoms with E-state index in [1.165, 1.54) is 0 Å². The number of hydrogen-bond acceptors (Lipinski definition) is 3. The van der Waals surface area contributed by atoms with Gasteiger partial charge in [-0.1, -0.05) is 18.2 Å². The molecule has 2 rings (SSSR count). The Morgan fingerprint density at radius 3 is 3.00 bits per heavy atom. The molecule has 0 amide bonds. The molecule has 4 heteroatoms. The maximum absolute atomic E-state index is 8.67. The largest absolute Gasteiger partial charge is 0.397 e. The normalized spacial score (nSPS) is 10.3. The van der Waals surface area contributed by atoms with Gasteiger partial charge in [0.15, 0.2) is 0 Å². The van der Waals surface area contributed by atoms with Gasteiger partial charge in [0, 0.05) is 10.1 Å². The van der Waals surface area contributed by atoms with Crippen molar-refractivity contribution in [1.82, 2.24) is 0 Å². The summed E-state index contributed by atoms with van der Waals surface area (Å²) in [5.74, 6) is 0. The molecule has 1 aromatic carbocycles. The fraction of sp³-hybridized carbons (Fsp3) is 0.100. The van der Waals surface area contributed by atoms with E-state index >= 15 is 0 Å². The van der Waals surface area contributed by atoms with E-state index in [-0.39, 0.29) is 0 Å². The summed E-state index contributed by atoms with van der Waals surface area (Å²) in [5.41, 5.74) is 7.70. The number of rotatable bonds is 1. The average Bonchev–Trinajstić information content (AvgIpc) is 2.46. The molecule has 0 fully saturated rings. The smallest absolute Gasteiger partial charge is 0.0940 e. The fourth-order valence-electron chi connectivity index (χ4n) is 1.39. The topological polar surface area (TPSA) is 49.8 Å². The van der Waals surface area contributed by atoms with Crippen LogP contribution in [0.4, 0.5) is 5.69 Å². The highest BCUT2D eigenvalue weighted by molar-refractivity contribution is 9.11. The maximum Gasteiger partial charge on any atom is 0.0940 e. The molecule has 0 aliphatic heterocycles. The van der Waals surface area contributed by atoms with Crippen molar-refractivity contribution in [3.8, 4) is 6.07 Å². The Morgan fingerprint density at radius 2 is 2.29 bits per heavy atom. The second-order valence-corrected chi connectivity index (χ2v) is 5.26. The number of thiophene rings is 1. The Morgan fingerprint density at radius 1 is 1.50 bits per heavy atom. The molecule has 0 spiro atoms. The molecule has 1 aromatic heterocycles. The highest BCUT2D eigenvalue weighted by Crippen LogP contribution is 2.39. The highest BCUT2D eigenvalue weighted by Gasteiger charge is 2.09. The lowest BCUT2D eigenvalue weighted by Crippen LogP contribution is -1.84. The van der Waals surface area contributed by atoms with Crippen LogP contribution in [0.1, 0.15) is 5.56 Å². The van der Waals surface area contributed by atoms with E-state index in [0.29, 0.717) is 6.42 Å². The number of hydrogen-bond donors (Lipinski definition) is 1. The van der Waals surface area contributed by atoms with Gasteiger partial charge in [0.25, 0.3) is 0 Å². The van der Waals surface area contributed by atoms with Crippen LogP contribution in [0.5, 0.6) is 0 Å². The molecule has 0 aliphatic rings. The first-order valence-corrected chi connectivity index (χ1v) is 5.67. The summed E-state index contributed by atoms with van der Waals surface area (Å²) in [6.45, 7) is 0. The van der Waals surface area contributed by atoms with Crippen molar-refractivity contribution < 1.29 is 0 Å². The van der Waals surface area contributed by atoms with Crippen molar-refractivity contribution in [3.05, 3.63) is 27.5 Å². The predicted molar refractivity (Wildman–Crippen MR) is 63.3 cm³/mol. The van der Waals surface area contributed by atoms with E-state index < -0.39 is 0 Å². The zero-order valence-electron chi connectivity index (χ0n) is 7.25. The molecule has 14 heavy (non-hydrogen) atoms. The lowest BCUT2D eigenvalue weighted by molar-refractivity contribution is 1.29. The molecule has 2 N–H and O–H groups in total. The van der Waals surface area contributed by atoms with Crippen molar-refractivity contribution in [1.29, 1.82) is 5.26 Å². The number of nitrogen functional groups attached to an aromatic ring is 1. The van der Waals surface area contributed by atoms with Gasteiger partial charge < -0.3 is 5.73 Å². The zero-order valence-corrected chi connectivity index (χ0v) is 9.65. The van der Waals surface area contributed by atoms with Gasteiger partial charge >= 0.3 is 0 Å². The van der Waals surface area contributed by atoms with E-state index in [1.807, 2.05) is 18.2 Å². The first-order valence-electron chi connectivity index (χ1n) is 4.06. The number of fused-ring (bicyclic) bond motifs is 1. The van der Waals surface area contributed by atoms with Gasteiger partial charge in [0.1, 0.15) is 0 Å². The molecule has 0 saturated carbocycles. The molecule has 0 radical (unpaired) electrons. The summed E-state index contributed by atoms with van der Waals surface area (Å²) in [6.07, 6.45) is 0.434. The van der Waals surface area contributed by atoms with Gasteiger partial charge in [0.2, 0.25) is 0 Å². The van der Waals surface area contributed by atoms with Crippen molar-refractivity contribution in [3.63, 3.8) is 0 Å². The van der Waals surface area contributed by atoms with E-state index in [9.17, 15) is 0 Å². The number of nitriles is 1. The summed E-state index contributed by atoms with van der Waals surface area (Å²) in [6, 6.07) is 8.04. The van der Waals surface area contributed by atoms with E-state index in [4.69, 9.17) is 11.0 Å². The second kappa shape index (κ2) is 3.60. The third-order valence-electron chi connectivity index (χ3n) is 2.06. The molecule has 0 unspecified atom stereocenters. The number of anilines is 1. The van der Waals surface area contributed by atoms with Crippen molar-refractivity contribution >= 4 is 43.0 Å². The first-order chi connectivity index (χ1) is 6.74. The van der Waals surface area contributed by atoms with E-state index in [0.717, 1.165) is 25.1 Å². The Labute approximate surface area is 94.1 Å². The van der Waals surface area contributed by atoms with Crippen LogP contribution in [-0.2, 0) is 6.42 Å². The quantitative estimate of drug-likeness (QED) is 0.861. The summed E-state index contributed by atoms with van der Waals surface area (Å²) >= 11 is 4.99. The van der Waals surface area contributed by atoms with Gasteiger partial charge in [-0.25, -0.2) is 0 Å². The van der Waals surface area contributed by atoms with Gasteiger partial charge in [0.05, 0.1) is 22.0 Å². The van der Waals surface area contributed by atoms with Crippen molar-refractivity contribution in [2.45, 2.75) is 6.42 Å². The van der Waals surface area contributed by atoms with Crippen LogP contribution >= 0.6 is 27.3 Å². The van der Waals surface area contributed by atoms with E-state index in [2.05, 4.69) is 22.0 Å². The van der Waals surface area contributed by atoms with Crippen molar-refractivity contribution in [2.75, 3.05) is 5.73 Å². The molecule has 0 aliphatic carbocycles. The SMILES string of the molecule is N#CCc1cccc2c(N)c(Br)sc12. The minimum atomic E-state index is 0.434. The number of nitrogens with zero attached hydrogens (tertiary/aromatic N) is 1. The van der Waals surface area contributed by atoms with Crippen LogP contribution in [-0.4, -0.2) is 0 Å². The minimum Gasteiger partial charge on any atom is -0.397 e. The number of benzene rings is 1. The Hall–Kier alpha value is -1.05. The van der Waals surface area contributed by atoms with Crippen LogP contribution in [0.25, 0.3) is 10.1 Å². The van der Waals surface area contributed by atoms with Gasteiger partial charge in [-0.05, 0) is 21.5 Å². The minimum absolute atomic E-state index is 0.434. The second-order valence-electron chi connectivity index (χ2n) is 2.92. The molecular formula is C10H7BrN2S. The van der Waals surface area contributed by atoms with Crippen LogP contribution in [0.2, 0.25) is 0 Å². The lowest BCUT2D eigenvalue weighted by atomic mass is 10.1. The number of halogens is 1. The Kier molecular flexibility index (Phi) is 2.44. The van der Waals surface area contributed by atoms with Crippen LogP contribution in [0.15, 0.2) is 22.0 Å². The van der Waals surface area contributed by atoms with Crippen LogP contribution in [0.3, 0.4) is 0 Å². The third kappa shape index (κ3) is 1.39. The van der Waals surface area contributed by atoms with Crippen molar-refractivity contribution in [2.24, 2.45) is 0 Å². The molecule has 0 saturated heterocycles. The Bertz CT molecular complexity index is 525. The predicted octanol–water partition coefficient (Wildman–Crippen LogP) is 3.31. The number of nitrogens with two attached hydrogens (primary N) is 1. The molecule has 1 heterocycles. The molecule has 0 atom stereocenters. The fourth-order valence-corrected chi connectivity index (χ4v) is 3.05. The maximum atomic E-state index is 8.67. The van der Waals surface area contributed by atoms with Gasteiger partial charge in [-0.3, -0.25) is 0 Å². The molecular weight excluding hydrogens is 260 g/mol. The molecule has 70 valence electrons. The van der Waals surface area contributed by atoms with Gasteiger partial charge in [-0.2, -0.15) is 5.26 Å². The standard InChI is InChI=1S/C10H7BrN2S/c11-10-8(13)7-3-1-2-6(4-5-12)9(7)14-10/h1-3H,4,13H2. The Balaban J connectivity index is 2.76. The third-order valence-corrected chi connectivity index (χ3v) is 4.06. The van der Waals surface area contributed by atoms with Crippen LogP contribution < -0.4 is 5.73 Å². The van der Waals surface area contributed by atoms with Crippen LogP contribution in [0, 0.1) is 11.3 Å². The monoisotopic (exact) mass is 266 g/mol. The summed E-state index contributed by atoms with van der Waals surface area (Å²) in [7, 11) is 0. The molecule has 2 aromatic rings. The van der Waals surface area contributed by atoms with Gasteiger partial charge in [-0.15, -0.1) is 11.3 Å². The zero-order chi connectivity index (χ0) is 10.1.